The molecule has 0 radical (unpaired) electrons. The second kappa shape index (κ2) is 7.01. The van der Waals surface area contributed by atoms with Gasteiger partial charge in [0.15, 0.2) is 0 Å². The van der Waals surface area contributed by atoms with Gasteiger partial charge >= 0.3 is 6.09 Å². The SMILES string of the molecule is CC(C)(C)OC(=O)N1CCC[C@H](Oc2ncccc2N([O-])O)C1. The molecule has 1 atom stereocenters. The van der Waals surface area contributed by atoms with Gasteiger partial charge in [-0.1, -0.05) is 0 Å². The molecule has 0 bridgehead atoms. The Morgan fingerprint density at radius 1 is 1.52 bits per heavy atom. The highest BCUT2D eigenvalue weighted by Gasteiger charge is 2.29. The number of piperidine rings is 1. The molecule has 0 aromatic carbocycles. The van der Waals surface area contributed by atoms with Crippen LogP contribution in [0.25, 0.3) is 0 Å². The van der Waals surface area contributed by atoms with Crippen LogP contribution < -0.4 is 9.96 Å². The van der Waals surface area contributed by atoms with Gasteiger partial charge < -0.3 is 24.8 Å². The first-order valence-electron chi connectivity index (χ1n) is 7.52. The molecule has 8 heteroatoms. The number of carbonyl (C=O) groups is 1. The van der Waals surface area contributed by atoms with Crippen molar-refractivity contribution in [1.29, 1.82) is 0 Å². The highest BCUT2D eigenvalue weighted by molar-refractivity contribution is 5.68. The Kier molecular flexibility index (Phi) is 5.27. The summed E-state index contributed by atoms with van der Waals surface area (Å²) in [5.41, 5.74) is -0.624. The number of anilines is 1. The van der Waals surface area contributed by atoms with E-state index in [-0.39, 0.29) is 29.0 Å². The number of ether oxygens (including phenoxy) is 2. The zero-order valence-corrected chi connectivity index (χ0v) is 13.6. The smallest absolute Gasteiger partial charge is 0.410 e. The summed E-state index contributed by atoms with van der Waals surface area (Å²) in [6.07, 6.45) is 2.24. The van der Waals surface area contributed by atoms with Gasteiger partial charge in [0.25, 0.3) is 0 Å². The summed E-state index contributed by atoms with van der Waals surface area (Å²) in [6, 6.07) is 2.93. The number of hydrogen-bond acceptors (Lipinski definition) is 7. The minimum atomic E-state index is -0.557. The lowest BCUT2D eigenvalue weighted by Gasteiger charge is -2.34. The van der Waals surface area contributed by atoms with E-state index in [1.807, 2.05) is 20.8 Å². The van der Waals surface area contributed by atoms with Crippen molar-refractivity contribution < 1.29 is 19.5 Å². The van der Waals surface area contributed by atoms with Crippen molar-refractivity contribution in [3.05, 3.63) is 23.5 Å². The van der Waals surface area contributed by atoms with Crippen LogP contribution in [-0.2, 0) is 4.74 Å². The fourth-order valence-corrected chi connectivity index (χ4v) is 2.30. The van der Waals surface area contributed by atoms with E-state index < -0.39 is 5.60 Å². The Labute approximate surface area is 135 Å². The normalized spacial score (nSPS) is 18.5. The first-order valence-corrected chi connectivity index (χ1v) is 7.52. The third-order valence-electron chi connectivity index (χ3n) is 3.27. The molecule has 0 spiro atoms. The predicted molar refractivity (Wildman–Crippen MR) is 83.3 cm³/mol. The van der Waals surface area contributed by atoms with Crippen LogP contribution in [-0.4, -0.2) is 46.0 Å². The van der Waals surface area contributed by atoms with Crippen molar-refractivity contribution in [2.75, 3.05) is 18.3 Å². The van der Waals surface area contributed by atoms with E-state index in [0.29, 0.717) is 13.1 Å². The summed E-state index contributed by atoms with van der Waals surface area (Å²) in [5.74, 6) is 0.0426. The van der Waals surface area contributed by atoms with Crippen molar-refractivity contribution in [3.63, 3.8) is 0 Å². The van der Waals surface area contributed by atoms with Crippen molar-refractivity contribution in [2.24, 2.45) is 0 Å². The monoisotopic (exact) mass is 324 g/mol. The molecule has 2 heterocycles. The number of likely N-dealkylation sites (tertiary alicyclic amines) is 1. The molecule has 8 nitrogen and oxygen atoms in total. The number of pyridine rings is 1. The average molecular weight is 324 g/mol. The van der Waals surface area contributed by atoms with Gasteiger partial charge in [0.05, 0.1) is 6.54 Å². The lowest BCUT2D eigenvalue weighted by atomic mass is 10.1. The minimum absolute atomic E-state index is 0.0426. The highest BCUT2D eigenvalue weighted by atomic mass is 16.8. The Morgan fingerprint density at radius 2 is 2.26 bits per heavy atom. The molecule has 0 aliphatic carbocycles. The van der Waals surface area contributed by atoms with E-state index >= 15 is 0 Å². The van der Waals surface area contributed by atoms with Gasteiger partial charge in [-0.15, -0.1) is 0 Å². The van der Waals surface area contributed by atoms with Crippen LogP contribution in [0.4, 0.5) is 10.5 Å². The lowest BCUT2D eigenvalue weighted by Crippen LogP contribution is -2.46. The van der Waals surface area contributed by atoms with E-state index in [1.165, 1.54) is 18.3 Å². The molecule has 128 valence electrons. The molecule has 1 aliphatic rings. The molecule has 0 saturated carbocycles. The molecule has 1 saturated heterocycles. The van der Waals surface area contributed by atoms with Crippen molar-refractivity contribution in [3.8, 4) is 5.88 Å². The van der Waals surface area contributed by atoms with Crippen LogP contribution >= 0.6 is 0 Å². The van der Waals surface area contributed by atoms with Crippen LogP contribution in [0.1, 0.15) is 33.6 Å². The first kappa shape index (κ1) is 17.3. The van der Waals surface area contributed by atoms with Crippen molar-refractivity contribution in [1.82, 2.24) is 9.88 Å². The highest BCUT2D eigenvalue weighted by Crippen LogP contribution is 2.26. The van der Waals surface area contributed by atoms with Crippen LogP contribution in [0.3, 0.4) is 0 Å². The maximum absolute atomic E-state index is 12.1. The van der Waals surface area contributed by atoms with Gasteiger partial charge in [-0.2, -0.15) is 0 Å². The summed E-state index contributed by atoms with van der Waals surface area (Å²) in [7, 11) is 0. The zero-order chi connectivity index (χ0) is 17.0. The van der Waals surface area contributed by atoms with Gasteiger partial charge in [0.2, 0.25) is 5.88 Å². The van der Waals surface area contributed by atoms with E-state index in [9.17, 15) is 10.0 Å². The molecule has 1 amide bonds. The third-order valence-corrected chi connectivity index (χ3v) is 3.27. The molecule has 1 aromatic rings. The maximum atomic E-state index is 12.1. The Morgan fingerprint density at radius 3 is 2.91 bits per heavy atom. The molecular formula is C15H22N3O5-. The number of hydrogen-bond donors (Lipinski definition) is 1. The third kappa shape index (κ3) is 4.97. The van der Waals surface area contributed by atoms with E-state index in [0.717, 1.165) is 12.8 Å². The quantitative estimate of drug-likeness (QED) is 0.853. The largest absolute Gasteiger partial charge is 0.733 e. The predicted octanol–water partition coefficient (Wildman–Crippen LogP) is 2.55. The second-order valence-electron chi connectivity index (χ2n) is 6.41. The summed E-state index contributed by atoms with van der Waals surface area (Å²) >= 11 is 0. The fraction of sp³-hybridized carbons (Fsp3) is 0.600. The van der Waals surface area contributed by atoms with Crippen LogP contribution in [0.2, 0.25) is 0 Å². The van der Waals surface area contributed by atoms with Gasteiger partial charge in [-0.3, -0.25) is 5.21 Å². The van der Waals surface area contributed by atoms with Gasteiger partial charge in [0.1, 0.15) is 17.4 Å². The minimum Gasteiger partial charge on any atom is -0.733 e. The maximum Gasteiger partial charge on any atom is 0.410 e. The molecule has 1 aromatic heterocycles. The van der Waals surface area contributed by atoms with Gasteiger partial charge in [0, 0.05) is 12.7 Å². The molecule has 1 aliphatic heterocycles. The van der Waals surface area contributed by atoms with Gasteiger partial charge in [-0.25, -0.2) is 9.78 Å². The summed E-state index contributed by atoms with van der Waals surface area (Å²) < 4.78 is 11.1. The average Bonchev–Trinajstić information content (AvgIpc) is 2.46. The van der Waals surface area contributed by atoms with Crippen LogP contribution in [0.15, 0.2) is 18.3 Å². The Balaban J connectivity index is 2.01. The number of rotatable bonds is 3. The standard InChI is InChI=1S/C15H22N3O5/c1-15(2,3)23-14(19)17-9-5-6-11(10-17)22-13-12(18(20)21)7-4-8-16-13/h4,7-8,11,20H,5-6,9-10H2,1-3H3/q-1/t11-/m0/s1. The first-order chi connectivity index (χ1) is 10.8. The van der Waals surface area contributed by atoms with Gasteiger partial charge in [-0.05, 0) is 45.7 Å². The number of carbonyl (C=O) groups excluding carboxylic acids is 1. The van der Waals surface area contributed by atoms with E-state index in [2.05, 4.69) is 4.98 Å². The summed E-state index contributed by atoms with van der Waals surface area (Å²) in [6.45, 7) is 6.37. The number of aromatic nitrogens is 1. The fourth-order valence-electron chi connectivity index (χ4n) is 2.30. The van der Waals surface area contributed by atoms with Crippen molar-refractivity contribution in [2.45, 2.75) is 45.3 Å². The molecule has 1 N–H and O–H groups in total. The van der Waals surface area contributed by atoms with Crippen molar-refractivity contribution >= 4 is 11.8 Å². The van der Waals surface area contributed by atoms with Crippen LogP contribution in [0.5, 0.6) is 5.88 Å². The molecule has 2 rings (SSSR count). The molecule has 0 unspecified atom stereocenters. The Hall–Kier alpha value is -2.06. The Bertz CT molecular complexity index is 544. The number of amides is 1. The molecule has 23 heavy (non-hydrogen) atoms. The zero-order valence-electron chi connectivity index (χ0n) is 13.6. The number of nitrogens with zero attached hydrogens (tertiary/aromatic N) is 3. The second-order valence-corrected chi connectivity index (χ2v) is 6.41. The summed E-state index contributed by atoms with van der Waals surface area (Å²) in [5, 5.41) is 19.9. The van der Waals surface area contributed by atoms with Crippen LogP contribution in [0, 0.1) is 5.21 Å². The molecule has 1 fully saturated rings. The topological polar surface area (TPSA) is 98.2 Å². The molecular weight excluding hydrogens is 302 g/mol. The van der Waals surface area contributed by atoms with E-state index in [4.69, 9.17) is 14.7 Å². The summed E-state index contributed by atoms with van der Waals surface area (Å²) in [4.78, 5) is 17.7. The van der Waals surface area contributed by atoms with E-state index in [1.54, 1.807) is 4.90 Å². The lowest BCUT2D eigenvalue weighted by molar-refractivity contribution is 0.00719.